The Balaban J connectivity index is 0.990. The van der Waals surface area contributed by atoms with Crippen LogP contribution in [0.2, 0.25) is 0 Å². The summed E-state index contributed by atoms with van der Waals surface area (Å²) in [7, 11) is 0. The summed E-state index contributed by atoms with van der Waals surface area (Å²) in [6, 6.07) is 3.52. The summed E-state index contributed by atoms with van der Waals surface area (Å²) in [5, 5.41) is 15.7. The van der Waals surface area contributed by atoms with Crippen molar-refractivity contribution >= 4 is 17.7 Å². The van der Waals surface area contributed by atoms with E-state index in [1.807, 2.05) is 0 Å². The van der Waals surface area contributed by atoms with Crippen molar-refractivity contribution in [3.8, 4) is 0 Å². The van der Waals surface area contributed by atoms with Gasteiger partial charge in [-0.3, -0.25) is 4.79 Å². The van der Waals surface area contributed by atoms with Gasteiger partial charge in [0.2, 0.25) is 5.91 Å². The monoisotopic (exact) mass is 441 g/mol. The second-order valence-corrected chi connectivity index (χ2v) is 10.3. The molecule has 1 aromatic rings. The molecule has 174 valence electrons. The highest BCUT2D eigenvalue weighted by Gasteiger charge is 2.59. The van der Waals surface area contributed by atoms with Gasteiger partial charge in [0, 0.05) is 25.3 Å². The van der Waals surface area contributed by atoms with Crippen LogP contribution >= 0.6 is 0 Å². The third-order valence-electron chi connectivity index (χ3n) is 7.92. The maximum Gasteiger partial charge on any atom is 0.326 e. The number of aliphatic carboxylic acids is 1. The first-order valence-electron chi connectivity index (χ1n) is 12.4. The maximum atomic E-state index is 12.6. The smallest absolute Gasteiger partial charge is 0.326 e. The number of pyridine rings is 1. The summed E-state index contributed by atoms with van der Waals surface area (Å²) in [6.07, 6.45) is 11.0. The van der Waals surface area contributed by atoms with E-state index in [0.717, 1.165) is 75.8 Å². The first-order chi connectivity index (χ1) is 15.5. The van der Waals surface area contributed by atoms with Crippen LogP contribution < -0.4 is 10.6 Å². The van der Waals surface area contributed by atoms with Crippen LogP contribution in [0.3, 0.4) is 0 Å². The Bertz CT molecular complexity index is 859. The molecule has 7 heteroatoms. The molecule has 0 radical (unpaired) electrons. The van der Waals surface area contributed by atoms with Crippen molar-refractivity contribution in [2.24, 2.45) is 17.3 Å². The number of nitrogens with one attached hydrogen (secondary N) is 2. The lowest BCUT2D eigenvalue weighted by Gasteiger charge is -2.35. The third kappa shape index (κ3) is 4.77. The van der Waals surface area contributed by atoms with Gasteiger partial charge in [-0.15, -0.1) is 0 Å². The quantitative estimate of drug-likeness (QED) is 0.487. The highest BCUT2D eigenvalue weighted by Crippen LogP contribution is 2.61. The van der Waals surface area contributed by atoms with Crippen LogP contribution in [0.25, 0.3) is 0 Å². The standard InChI is InChI=1S/C25H35N3O4/c29-23(30)21(28-24(31)25(10-11-25)18-5-6-18)9-13-32-20-14-16(15-20)3-7-19-8-4-17-2-1-12-26-22(17)27-19/h4,8,16,18,20-21H,1-3,5-7,9-15H2,(H,26,27)(H,28,31)(H,29,30)/t16-,20-,21-/m0/s1. The average Bonchev–Trinajstić information content (AvgIpc) is 3.66. The number of aryl methyl sites for hydroxylation is 2. The fourth-order valence-electron chi connectivity index (χ4n) is 5.41. The molecule has 0 aromatic carbocycles. The lowest BCUT2D eigenvalue weighted by atomic mass is 9.79. The van der Waals surface area contributed by atoms with Gasteiger partial charge in [-0.1, -0.05) is 6.07 Å². The van der Waals surface area contributed by atoms with Crippen molar-refractivity contribution in [3.63, 3.8) is 0 Å². The molecule has 5 rings (SSSR count). The Morgan fingerprint density at radius 3 is 2.81 bits per heavy atom. The number of carbonyl (C=O) groups excluding carboxylic acids is 1. The molecule has 3 fully saturated rings. The number of anilines is 1. The number of nitrogens with zero attached hydrogens (tertiary/aromatic N) is 1. The van der Waals surface area contributed by atoms with Crippen molar-refractivity contribution < 1.29 is 19.4 Å². The number of hydrogen-bond acceptors (Lipinski definition) is 5. The average molecular weight is 442 g/mol. The molecular weight excluding hydrogens is 406 g/mol. The van der Waals surface area contributed by atoms with Crippen molar-refractivity contribution in [2.75, 3.05) is 18.5 Å². The molecule has 3 aliphatic carbocycles. The molecule has 32 heavy (non-hydrogen) atoms. The molecule has 3 saturated carbocycles. The van der Waals surface area contributed by atoms with Crippen molar-refractivity contribution in [1.82, 2.24) is 10.3 Å². The largest absolute Gasteiger partial charge is 0.480 e. The van der Waals surface area contributed by atoms with E-state index in [1.165, 1.54) is 12.0 Å². The highest BCUT2D eigenvalue weighted by molar-refractivity contribution is 5.89. The van der Waals surface area contributed by atoms with Gasteiger partial charge in [-0.05, 0) is 87.7 Å². The number of ether oxygens (including phenoxy) is 1. The molecule has 0 saturated heterocycles. The minimum atomic E-state index is -0.966. The Kier molecular flexibility index (Phi) is 6.10. The molecule has 1 atom stereocenters. The number of rotatable bonds is 11. The summed E-state index contributed by atoms with van der Waals surface area (Å²) in [5.41, 5.74) is 2.23. The molecule has 0 unspecified atom stereocenters. The van der Waals surface area contributed by atoms with Gasteiger partial charge in [-0.25, -0.2) is 9.78 Å². The summed E-state index contributed by atoms with van der Waals surface area (Å²) in [6.45, 7) is 1.39. The first-order valence-corrected chi connectivity index (χ1v) is 12.4. The molecule has 1 amide bonds. The zero-order valence-electron chi connectivity index (χ0n) is 18.8. The van der Waals surface area contributed by atoms with E-state index in [-0.39, 0.29) is 17.4 Å². The zero-order valence-corrected chi connectivity index (χ0v) is 18.8. The van der Waals surface area contributed by atoms with E-state index >= 15 is 0 Å². The minimum Gasteiger partial charge on any atom is -0.480 e. The number of hydrogen-bond donors (Lipinski definition) is 3. The van der Waals surface area contributed by atoms with E-state index in [1.54, 1.807) is 0 Å². The number of aromatic nitrogens is 1. The summed E-state index contributed by atoms with van der Waals surface area (Å²) in [5.74, 6) is 1.17. The van der Waals surface area contributed by atoms with Gasteiger partial charge in [0.05, 0.1) is 11.5 Å². The molecule has 1 aliphatic heterocycles. The van der Waals surface area contributed by atoms with E-state index in [9.17, 15) is 14.7 Å². The molecule has 0 bridgehead atoms. The Labute approximate surface area is 189 Å². The minimum absolute atomic E-state index is 0.0536. The topological polar surface area (TPSA) is 101 Å². The second kappa shape index (κ2) is 9.00. The predicted molar refractivity (Wildman–Crippen MR) is 120 cm³/mol. The number of carbonyl (C=O) groups is 2. The predicted octanol–water partition coefficient (Wildman–Crippen LogP) is 3.32. The number of carboxylic acids is 1. The normalized spacial score (nSPS) is 26.2. The third-order valence-corrected chi connectivity index (χ3v) is 7.92. The van der Waals surface area contributed by atoms with Crippen LogP contribution in [0.5, 0.6) is 0 Å². The molecule has 4 aliphatic rings. The van der Waals surface area contributed by atoms with Crippen LogP contribution in [0.15, 0.2) is 12.1 Å². The molecule has 1 aromatic heterocycles. The Morgan fingerprint density at radius 2 is 2.09 bits per heavy atom. The van der Waals surface area contributed by atoms with Crippen LogP contribution in [-0.4, -0.2) is 47.3 Å². The van der Waals surface area contributed by atoms with Crippen LogP contribution in [-0.2, 0) is 27.2 Å². The highest BCUT2D eigenvalue weighted by atomic mass is 16.5. The number of fused-ring (bicyclic) bond motifs is 1. The van der Waals surface area contributed by atoms with Gasteiger partial charge in [0.1, 0.15) is 11.9 Å². The van der Waals surface area contributed by atoms with E-state index < -0.39 is 12.0 Å². The molecule has 7 nitrogen and oxygen atoms in total. The second-order valence-electron chi connectivity index (χ2n) is 10.3. The zero-order chi connectivity index (χ0) is 22.1. The lowest BCUT2D eigenvalue weighted by Crippen LogP contribution is -2.45. The SMILES string of the molecule is O=C(O)[C@H](CCO[C@H]1C[C@H](CCc2ccc3c(n2)NCCC3)C1)NC(=O)C1(C2CC2)CC1. The summed E-state index contributed by atoms with van der Waals surface area (Å²) < 4.78 is 5.92. The van der Waals surface area contributed by atoms with E-state index in [2.05, 4.69) is 22.8 Å². The van der Waals surface area contributed by atoms with Gasteiger partial charge < -0.3 is 20.5 Å². The fraction of sp³-hybridized carbons (Fsp3) is 0.720. The fourth-order valence-corrected chi connectivity index (χ4v) is 5.41. The maximum absolute atomic E-state index is 12.6. The molecule has 3 N–H and O–H groups in total. The van der Waals surface area contributed by atoms with Crippen LogP contribution in [0.1, 0.15) is 69.0 Å². The van der Waals surface area contributed by atoms with Gasteiger partial charge >= 0.3 is 5.97 Å². The molecule has 0 spiro atoms. The van der Waals surface area contributed by atoms with Crippen LogP contribution in [0, 0.1) is 17.3 Å². The van der Waals surface area contributed by atoms with Crippen molar-refractivity contribution in [3.05, 3.63) is 23.4 Å². The van der Waals surface area contributed by atoms with Gasteiger partial charge in [0.25, 0.3) is 0 Å². The van der Waals surface area contributed by atoms with Gasteiger partial charge in [0.15, 0.2) is 0 Å². The van der Waals surface area contributed by atoms with Crippen LogP contribution in [0.4, 0.5) is 5.82 Å². The Hall–Kier alpha value is -2.15. The lowest BCUT2D eigenvalue weighted by molar-refractivity contribution is -0.144. The first kappa shape index (κ1) is 21.7. The van der Waals surface area contributed by atoms with E-state index in [0.29, 0.717) is 24.9 Å². The number of amides is 1. The van der Waals surface area contributed by atoms with Gasteiger partial charge in [-0.2, -0.15) is 0 Å². The summed E-state index contributed by atoms with van der Waals surface area (Å²) in [4.78, 5) is 29.0. The summed E-state index contributed by atoms with van der Waals surface area (Å²) >= 11 is 0. The van der Waals surface area contributed by atoms with E-state index in [4.69, 9.17) is 9.72 Å². The molecular formula is C25H35N3O4. The van der Waals surface area contributed by atoms with Crippen molar-refractivity contribution in [2.45, 2.75) is 82.8 Å². The number of carboxylic acid groups (broad SMARTS) is 1. The van der Waals surface area contributed by atoms with Crippen molar-refractivity contribution in [1.29, 1.82) is 0 Å². The Morgan fingerprint density at radius 1 is 1.28 bits per heavy atom. The molecule has 2 heterocycles.